The quantitative estimate of drug-likeness (QED) is 0.808. The maximum atomic E-state index is 12.2. The zero-order valence-electron chi connectivity index (χ0n) is 14.9. The van der Waals surface area contributed by atoms with Gasteiger partial charge in [-0.25, -0.2) is 9.97 Å². The fourth-order valence-corrected chi connectivity index (χ4v) is 3.66. The second-order valence-corrected chi connectivity index (χ2v) is 7.30. The van der Waals surface area contributed by atoms with Crippen LogP contribution in [0, 0.1) is 5.92 Å². The molecule has 0 aliphatic carbocycles. The Balaban J connectivity index is 1.39. The first-order valence-corrected chi connectivity index (χ1v) is 9.55. The summed E-state index contributed by atoms with van der Waals surface area (Å²) in [6.45, 7) is 3.51. The lowest BCUT2D eigenvalue weighted by Crippen LogP contribution is -2.35. The highest BCUT2D eigenvalue weighted by Crippen LogP contribution is 2.22. The van der Waals surface area contributed by atoms with Crippen molar-refractivity contribution in [2.24, 2.45) is 5.92 Å². The van der Waals surface area contributed by atoms with Crippen LogP contribution in [0.1, 0.15) is 36.8 Å². The van der Waals surface area contributed by atoms with Gasteiger partial charge in [0.2, 0.25) is 5.91 Å². The first-order chi connectivity index (χ1) is 12.7. The summed E-state index contributed by atoms with van der Waals surface area (Å²) < 4.78 is 0. The van der Waals surface area contributed by atoms with Gasteiger partial charge in [-0.05, 0) is 43.4 Å². The van der Waals surface area contributed by atoms with Crippen molar-refractivity contribution < 1.29 is 4.79 Å². The van der Waals surface area contributed by atoms with Crippen molar-refractivity contribution >= 4 is 17.5 Å². The maximum absolute atomic E-state index is 12.2. The van der Waals surface area contributed by atoms with E-state index in [9.17, 15) is 4.79 Å². The molecule has 2 heterocycles. The number of nitrogens with one attached hydrogen (secondary N) is 1. The van der Waals surface area contributed by atoms with Crippen LogP contribution < -0.4 is 5.32 Å². The number of hydrogen-bond acceptors (Lipinski definition) is 4. The Labute approximate surface area is 159 Å². The first kappa shape index (κ1) is 18.8. The molecule has 138 valence electrons. The van der Waals surface area contributed by atoms with E-state index < -0.39 is 0 Å². The fraction of sp³-hybridized carbons (Fsp3) is 0.450. The zero-order chi connectivity index (χ0) is 18.2. The number of piperidine rings is 1. The molecule has 2 aromatic rings. The van der Waals surface area contributed by atoms with E-state index in [4.69, 9.17) is 11.6 Å². The number of nitrogens with zero attached hydrogens (tertiary/aromatic N) is 3. The van der Waals surface area contributed by atoms with E-state index >= 15 is 0 Å². The van der Waals surface area contributed by atoms with Gasteiger partial charge >= 0.3 is 0 Å². The van der Waals surface area contributed by atoms with Crippen molar-refractivity contribution in [1.82, 2.24) is 20.2 Å². The first-order valence-electron chi connectivity index (χ1n) is 9.17. The molecule has 0 spiro atoms. The van der Waals surface area contributed by atoms with Gasteiger partial charge in [-0.2, -0.15) is 0 Å². The SMILES string of the molecule is O=C(CC[C@H]1CCCN(Cc2cncnc2)C1)NCc1ccccc1Cl. The van der Waals surface area contributed by atoms with Crippen molar-refractivity contribution in [3.8, 4) is 0 Å². The molecule has 1 aromatic carbocycles. The van der Waals surface area contributed by atoms with Crippen LogP contribution in [0.2, 0.25) is 5.02 Å². The van der Waals surface area contributed by atoms with Gasteiger partial charge in [0.1, 0.15) is 6.33 Å². The number of halogens is 1. The molecule has 1 aliphatic heterocycles. The smallest absolute Gasteiger partial charge is 0.220 e. The third-order valence-electron chi connectivity index (χ3n) is 4.84. The van der Waals surface area contributed by atoms with E-state index in [-0.39, 0.29) is 5.91 Å². The van der Waals surface area contributed by atoms with Crippen LogP contribution in [0.4, 0.5) is 0 Å². The minimum atomic E-state index is 0.0958. The maximum Gasteiger partial charge on any atom is 0.220 e. The number of aromatic nitrogens is 2. The number of rotatable bonds is 7. The molecule has 6 heteroatoms. The Kier molecular flexibility index (Phi) is 6.97. The normalized spacial score (nSPS) is 17.8. The summed E-state index contributed by atoms with van der Waals surface area (Å²) in [6.07, 6.45) is 9.17. The number of carbonyl (C=O) groups is 1. The number of amides is 1. The van der Waals surface area contributed by atoms with Gasteiger partial charge in [0.15, 0.2) is 0 Å². The summed E-state index contributed by atoms with van der Waals surface area (Å²) in [4.78, 5) is 22.8. The van der Waals surface area contributed by atoms with E-state index in [0.29, 0.717) is 23.9 Å². The van der Waals surface area contributed by atoms with Crippen molar-refractivity contribution in [2.75, 3.05) is 13.1 Å². The van der Waals surface area contributed by atoms with Crippen molar-refractivity contribution in [1.29, 1.82) is 0 Å². The van der Waals surface area contributed by atoms with E-state index in [0.717, 1.165) is 37.2 Å². The highest BCUT2D eigenvalue weighted by molar-refractivity contribution is 6.31. The second-order valence-electron chi connectivity index (χ2n) is 6.90. The molecule has 1 saturated heterocycles. The minimum Gasteiger partial charge on any atom is -0.352 e. The summed E-state index contributed by atoms with van der Waals surface area (Å²) in [6, 6.07) is 7.61. The lowest BCUT2D eigenvalue weighted by atomic mass is 9.93. The number of benzene rings is 1. The summed E-state index contributed by atoms with van der Waals surface area (Å²) in [5.41, 5.74) is 2.10. The van der Waals surface area contributed by atoms with E-state index in [1.165, 1.54) is 12.8 Å². The second kappa shape index (κ2) is 9.64. The summed E-state index contributed by atoms with van der Waals surface area (Å²) >= 11 is 6.12. The van der Waals surface area contributed by atoms with Gasteiger partial charge in [-0.15, -0.1) is 0 Å². The van der Waals surface area contributed by atoms with Gasteiger partial charge in [0, 0.05) is 49.0 Å². The molecule has 0 bridgehead atoms. The Hall–Kier alpha value is -1.98. The summed E-state index contributed by atoms with van der Waals surface area (Å²) in [5, 5.41) is 3.67. The van der Waals surface area contributed by atoms with Crippen LogP contribution in [0.3, 0.4) is 0 Å². The molecule has 1 fully saturated rings. The Morgan fingerprint density at radius 1 is 1.27 bits per heavy atom. The lowest BCUT2D eigenvalue weighted by Gasteiger charge is -2.32. The molecular formula is C20H25ClN4O. The highest BCUT2D eigenvalue weighted by atomic mass is 35.5. The van der Waals surface area contributed by atoms with Gasteiger partial charge in [0.05, 0.1) is 0 Å². The van der Waals surface area contributed by atoms with Crippen molar-refractivity contribution in [2.45, 2.75) is 38.8 Å². The summed E-state index contributed by atoms with van der Waals surface area (Å²) in [5.74, 6) is 0.665. The standard InChI is InChI=1S/C20H25ClN4O/c21-19-6-2-1-5-18(19)12-24-20(26)8-7-16-4-3-9-25(13-16)14-17-10-22-15-23-11-17/h1-2,5-6,10-11,15-16H,3-4,7-9,12-14H2,(H,24,26)/t16-/m1/s1. The van der Waals surface area contributed by atoms with Crippen LogP contribution in [0.5, 0.6) is 0 Å². The molecule has 1 atom stereocenters. The third-order valence-corrected chi connectivity index (χ3v) is 5.21. The number of hydrogen-bond donors (Lipinski definition) is 1. The molecule has 1 N–H and O–H groups in total. The predicted octanol–water partition coefficient (Wildman–Crippen LogP) is 3.44. The molecule has 0 unspecified atom stereocenters. The average Bonchev–Trinajstić information content (AvgIpc) is 2.67. The number of carbonyl (C=O) groups excluding carboxylic acids is 1. The Bertz CT molecular complexity index is 710. The average molecular weight is 373 g/mol. The van der Waals surface area contributed by atoms with Crippen LogP contribution in [-0.4, -0.2) is 33.9 Å². The van der Waals surface area contributed by atoms with Crippen LogP contribution in [0.25, 0.3) is 0 Å². The van der Waals surface area contributed by atoms with E-state index in [2.05, 4.69) is 20.2 Å². The highest BCUT2D eigenvalue weighted by Gasteiger charge is 2.20. The topological polar surface area (TPSA) is 58.1 Å². The Morgan fingerprint density at radius 2 is 2.08 bits per heavy atom. The van der Waals surface area contributed by atoms with Gasteiger partial charge in [-0.3, -0.25) is 9.69 Å². The minimum absolute atomic E-state index is 0.0958. The summed E-state index contributed by atoms with van der Waals surface area (Å²) in [7, 11) is 0. The van der Waals surface area contributed by atoms with Crippen LogP contribution in [0.15, 0.2) is 43.0 Å². The molecular weight excluding hydrogens is 348 g/mol. The van der Waals surface area contributed by atoms with E-state index in [1.807, 2.05) is 36.7 Å². The molecule has 5 nitrogen and oxygen atoms in total. The molecule has 3 rings (SSSR count). The predicted molar refractivity (Wildman–Crippen MR) is 103 cm³/mol. The largest absolute Gasteiger partial charge is 0.352 e. The lowest BCUT2D eigenvalue weighted by molar-refractivity contribution is -0.121. The molecule has 0 radical (unpaired) electrons. The monoisotopic (exact) mass is 372 g/mol. The Morgan fingerprint density at radius 3 is 2.88 bits per heavy atom. The third kappa shape index (κ3) is 5.78. The van der Waals surface area contributed by atoms with Gasteiger partial charge in [-0.1, -0.05) is 29.8 Å². The number of likely N-dealkylation sites (tertiary alicyclic amines) is 1. The fourth-order valence-electron chi connectivity index (χ4n) is 3.46. The van der Waals surface area contributed by atoms with Crippen LogP contribution >= 0.6 is 11.6 Å². The molecule has 1 aromatic heterocycles. The van der Waals surface area contributed by atoms with Gasteiger partial charge in [0.25, 0.3) is 0 Å². The van der Waals surface area contributed by atoms with Gasteiger partial charge < -0.3 is 5.32 Å². The van der Waals surface area contributed by atoms with E-state index in [1.54, 1.807) is 6.33 Å². The van der Waals surface area contributed by atoms with Crippen LogP contribution in [-0.2, 0) is 17.9 Å². The molecule has 1 aliphatic rings. The molecule has 0 saturated carbocycles. The zero-order valence-corrected chi connectivity index (χ0v) is 15.7. The molecule has 1 amide bonds. The van der Waals surface area contributed by atoms with Crippen molar-refractivity contribution in [3.63, 3.8) is 0 Å². The molecule has 26 heavy (non-hydrogen) atoms. The van der Waals surface area contributed by atoms with Crippen molar-refractivity contribution in [3.05, 3.63) is 59.1 Å².